The maximum absolute atomic E-state index is 11.1. The van der Waals surface area contributed by atoms with E-state index in [0.29, 0.717) is 0 Å². The number of hydrogen-bond acceptors (Lipinski definition) is 3. The van der Waals surface area contributed by atoms with Crippen molar-refractivity contribution in [2.45, 2.75) is 38.5 Å². The molecule has 1 N–H and O–H groups in total. The van der Waals surface area contributed by atoms with E-state index in [1.165, 1.54) is 12.8 Å². The highest BCUT2D eigenvalue weighted by molar-refractivity contribution is 5.71. The number of benzene rings is 1. The van der Waals surface area contributed by atoms with E-state index >= 15 is 0 Å². The lowest BCUT2D eigenvalue weighted by molar-refractivity contribution is -0.138. The Balaban J connectivity index is 2.43. The lowest BCUT2D eigenvalue weighted by Crippen LogP contribution is -2.27. The average Bonchev–Trinajstić information content (AvgIpc) is 2.90. The molecule has 4 nitrogen and oxygen atoms in total. The number of carboxylic acids is 1. The van der Waals surface area contributed by atoms with E-state index in [0.717, 1.165) is 30.1 Å². The van der Waals surface area contributed by atoms with E-state index in [9.17, 15) is 4.79 Å². The van der Waals surface area contributed by atoms with Crippen LogP contribution in [-0.4, -0.2) is 31.3 Å². The zero-order valence-corrected chi connectivity index (χ0v) is 12.5. The number of carboxylic acid groups (broad SMARTS) is 1. The van der Waals surface area contributed by atoms with Crippen LogP contribution in [0.4, 0.5) is 5.69 Å². The van der Waals surface area contributed by atoms with Gasteiger partial charge in [-0.2, -0.15) is 0 Å². The molecule has 0 atom stereocenters. The van der Waals surface area contributed by atoms with Crippen molar-refractivity contribution in [3.05, 3.63) is 23.8 Å². The molecule has 1 fully saturated rings. The standard InChI is InChI=1S/C16H23NO3/c1-16(2,11-15(18)19)13-10-12(20-3)6-7-14(13)17-8-4-5-9-17/h6-7,10H,4-5,8-9,11H2,1-3H3,(H,18,19). The van der Waals surface area contributed by atoms with Crippen LogP contribution in [0.2, 0.25) is 0 Å². The van der Waals surface area contributed by atoms with Gasteiger partial charge in [-0.1, -0.05) is 13.8 Å². The predicted molar refractivity (Wildman–Crippen MR) is 79.7 cm³/mol. The fourth-order valence-electron chi connectivity index (χ4n) is 2.89. The summed E-state index contributed by atoms with van der Waals surface area (Å²) in [5.74, 6) is 0.00611. The minimum atomic E-state index is -0.773. The number of nitrogens with zero attached hydrogens (tertiary/aromatic N) is 1. The first-order valence-electron chi connectivity index (χ1n) is 7.09. The second-order valence-electron chi connectivity index (χ2n) is 6.03. The van der Waals surface area contributed by atoms with Crippen LogP contribution in [-0.2, 0) is 10.2 Å². The molecule has 1 heterocycles. The van der Waals surface area contributed by atoms with E-state index in [2.05, 4.69) is 11.0 Å². The molecular weight excluding hydrogens is 254 g/mol. The van der Waals surface area contributed by atoms with Crippen molar-refractivity contribution in [1.29, 1.82) is 0 Å². The van der Waals surface area contributed by atoms with Gasteiger partial charge in [0.15, 0.2) is 0 Å². The Morgan fingerprint density at radius 2 is 2.00 bits per heavy atom. The highest BCUT2D eigenvalue weighted by atomic mass is 16.5. The topological polar surface area (TPSA) is 49.8 Å². The molecule has 0 amide bonds. The summed E-state index contributed by atoms with van der Waals surface area (Å²) >= 11 is 0. The number of rotatable bonds is 5. The number of ether oxygens (including phenoxy) is 1. The smallest absolute Gasteiger partial charge is 0.304 e. The summed E-state index contributed by atoms with van der Waals surface area (Å²) in [7, 11) is 1.64. The van der Waals surface area contributed by atoms with Crippen molar-refractivity contribution in [1.82, 2.24) is 0 Å². The first-order chi connectivity index (χ1) is 9.44. The van der Waals surface area contributed by atoms with Crippen molar-refractivity contribution < 1.29 is 14.6 Å². The molecule has 0 aromatic heterocycles. The zero-order chi connectivity index (χ0) is 14.8. The highest BCUT2D eigenvalue weighted by Gasteiger charge is 2.29. The molecule has 20 heavy (non-hydrogen) atoms. The molecule has 1 aromatic carbocycles. The fourth-order valence-corrected chi connectivity index (χ4v) is 2.89. The Hall–Kier alpha value is -1.71. The van der Waals surface area contributed by atoms with Gasteiger partial charge < -0.3 is 14.7 Å². The maximum atomic E-state index is 11.1. The molecule has 4 heteroatoms. The second-order valence-corrected chi connectivity index (χ2v) is 6.03. The van der Waals surface area contributed by atoms with E-state index in [1.807, 2.05) is 26.0 Å². The fraction of sp³-hybridized carbons (Fsp3) is 0.562. The molecule has 110 valence electrons. The summed E-state index contributed by atoms with van der Waals surface area (Å²) in [6, 6.07) is 5.99. The van der Waals surface area contributed by atoms with Crippen molar-refractivity contribution in [3.63, 3.8) is 0 Å². The number of aliphatic carboxylic acids is 1. The third kappa shape index (κ3) is 3.06. The van der Waals surface area contributed by atoms with Crippen LogP contribution in [0.5, 0.6) is 5.75 Å². The lowest BCUT2D eigenvalue weighted by Gasteiger charge is -2.30. The monoisotopic (exact) mass is 277 g/mol. The van der Waals surface area contributed by atoms with Gasteiger partial charge in [0.25, 0.3) is 0 Å². The first kappa shape index (κ1) is 14.7. The summed E-state index contributed by atoms with van der Waals surface area (Å²) in [6.07, 6.45) is 2.51. The van der Waals surface area contributed by atoms with Gasteiger partial charge >= 0.3 is 5.97 Å². The van der Waals surface area contributed by atoms with Gasteiger partial charge in [-0.25, -0.2) is 0 Å². The molecule has 0 spiro atoms. The average molecular weight is 277 g/mol. The van der Waals surface area contributed by atoms with Crippen molar-refractivity contribution >= 4 is 11.7 Å². The van der Waals surface area contributed by atoms with Gasteiger partial charge in [0.1, 0.15) is 5.75 Å². The van der Waals surface area contributed by atoms with Crippen molar-refractivity contribution in [3.8, 4) is 5.75 Å². The van der Waals surface area contributed by atoms with Gasteiger partial charge in [0, 0.05) is 24.2 Å². The summed E-state index contributed by atoms with van der Waals surface area (Å²) in [6.45, 7) is 6.05. The number of methoxy groups -OCH3 is 1. The molecule has 1 aromatic rings. The van der Waals surface area contributed by atoms with E-state index in [1.54, 1.807) is 7.11 Å². The van der Waals surface area contributed by atoms with Gasteiger partial charge in [0.05, 0.1) is 13.5 Å². The molecule has 1 aliphatic rings. The Morgan fingerprint density at radius 1 is 1.35 bits per heavy atom. The maximum Gasteiger partial charge on any atom is 0.304 e. The number of hydrogen-bond donors (Lipinski definition) is 1. The summed E-state index contributed by atoms with van der Waals surface area (Å²) in [5.41, 5.74) is 1.79. The molecule has 2 rings (SSSR count). The SMILES string of the molecule is COc1ccc(N2CCCC2)c(C(C)(C)CC(=O)O)c1. The summed E-state index contributed by atoms with van der Waals surface area (Å²) in [5, 5.41) is 9.15. The molecule has 0 unspecified atom stereocenters. The summed E-state index contributed by atoms with van der Waals surface area (Å²) < 4.78 is 5.31. The zero-order valence-electron chi connectivity index (χ0n) is 12.5. The minimum Gasteiger partial charge on any atom is -0.497 e. The quantitative estimate of drug-likeness (QED) is 0.898. The molecule has 0 bridgehead atoms. The van der Waals surface area contributed by atoms with Crippen LogP contribution in [0.25, 0.3) is 0 Å². The van der Waals surface area contributed by atoms with Crippen molar-refractivity contribution in [2.75, 3.05) is 25.1 Å². The highest BCUT2D eigenvalue weighted by Crippen LogP contribution is 2.38. The first-order valence-corrected chi connectivity index (χ1v) is 7.09. The Bertz CT molecular complexity index is 490. The van der Waals surface area contributed by atoms with Gasteiger partial charge in [0.2, 0.25) is 0 Å². The van der Waals surface area contributed by atoms with E-state index in [-0.39, 0.29) is 6.42 Å². The van der Waals surface area contributed by atoms with Crippen LogP contribution in [0, 0.1) is 0 Å². The normalized spacial score (nSPS) is 15.4. The third-order valence-electron chi connectivity index (χ3n) is 3.97. The molecule has 0 saturated carbocycles. The lowest BCUT2D eigenvalue weighted by atomic mass is 9.80. The Labute approximate surface area is 120 Å². The van der Waals surface area contributed by atoms with Gasteiger partial charge in [-0.05, 0) is 36.6 Å². The van der Waals surface area contributed by atoms with E-state index < -0.39 is 11.4 Å². The molecule has 1 saturated heterocycles. The van der Waals surface area contributed by atoms with Gasteiger partial charge in [-0.15, -0.1) is 0 Å². The van der Waals surface area contributed by atoms with Crippen LogP contribution in [0.3, 0.4) is 0 Å². The Morgan fingerprint density at radius 3 is 2.55 bits per heavy atom. The van der Waals surface area contributed by atoms with E-state index in [4.69, 9.17) is 9.84 Å². The number of anilines is 1. The second kappa shape index (κ2) is 5.73. The third-order valence-corrected chi connectivity index (χ3v) is 3.97. The van der Waals surface area contributed by atoms with Crippen LogP contribution >= 0.6 is 0 Å². The van der Waals surface area contributed by atoms with Crippen molar-refractivity contribution in [2.24, 2.45) is 0 Å². The van der Waals surface area contributed by atoms with Gasteiger partial charge in [-0.3, -0.25) is 4.79 Å². The molecule has 0 aliphatic carbocycles. The Kier molecular flexibility index (Phi) is 4.21. The minimum absolute atomic E-state index is 0.112. The predicted octanol–water partition coefficient (Wildman–Crippen LogP) is 3.05. The molecule has 1 aliphatic heterocycles. The largest absolute Gasteiger partial charge is 0.497 e. The van der Waals surface area contributed by atoms with Crippen LogP contribution < -0.4 is 9.64 Å². The number of carbonyl (C=O) groups is 1. The van der Waals surface area contributed by atoms with Crippen LogP contribution in [0.15, 0.2) is 18.2 Å². The van der Waals surface area contributed by atoms with Crippen LogP contribution in [0.1, 0.15) is 38.7 Å². The summed E-state index contributed by atoms with van der Waals surface area (Å²) in [4.78, 5) is 13.5. The molecular formula is C16H23NO3. The molecule has 0 radical (unpaired) electrons.